The Morgan fingerprint density at radius 3 is 2.64 bits per heavy atom. The second kappa shape index (κ2) is 8.48. The van der Waals surface area contributed by atoms with Crippen molar-refractivity contribution < 1.29 is 9.59 Å². The van der Waals surface area contributed by atoms with Crippen molar-refractivity contribution in [3.63, 3.8) is 0 Å². The molecule has 1 aliphatic carbocycles. The Hall–Kier alpha value is -2.14. The number of rotatable bonds is 6. The van der Waals surface area contributed by atoms with E-state index in [1.165, 1.54) is 10.4 Å². The van der Waals surface area contributed by atoms with E-state index in [0.29, 0.717) is 13.1 Å². The van der Waals surface area contributed by atoms with Crippen molar-refractivity contribution in [3.05, 3.63) is 57.8 Å². The number of amides is 2. The van der Waals surface area contributed by atoms with Crippen molar-refractivity contribution >= 4 is 23.2 Å². The molecule has 1 unspecified atom stereocenters. The van der Waals surface area contributed by atoms with E-state index in [2.05, 4.69) is 30.5 Å². The molecule has 4 nitrogen and oxygen atoms in total. The van der Waals surface area contributed by atoms with Gasteiger partial charge < -0.3 is 9.80 Å². The van der Waals surface area contributed by atoms with Gasteiger partial charge in [0.05, 0.1) is 12.6 Å². The normalized spacial score (nSPS) is 19.0. The summed E-state index contributed by atoms with van der Waals surface area (Å²) in [6.45, 7) is 3.64. The van der Waals surface area contributed by atoms with Crippen LogP contribution in [0.25, 0.3) is 0 Å². The lowest BCUT2D eigenvalue weighted by Gasteiger charge is -2.38. The van der Waals surface area contributed by atoms with Gasteiger partial charge in [0.15, 0.2) is 0 Å². The molecule has 0 bridgehead atoms. The lowest BCUT2D eigenvalue weighted by Crippen LogP contribution is -2.48. The van der Waals surface area contributed by atoms with Crippen LogP contribution in [0, 0.1) is 5.92 Å². The van der Waals surface area contributed by atoms with Gasteiger partial charge in [-0.25, -0.2) is 0 Å². The van der Waals surface area contributed by atoms with Gasteiger partial charge in [-0.15, -0.1) is 11.3 Å². The lowest BCUT2D eigenvalue weighted by molar-refractivity contribution is -0.145. The monoisotopic (exact) mass is 396 g/mol. The number of thiophene rings is 1. The molecule has 28 heavy (non-hydrogen) atoms. The van der Waals surface area contributed by atoms with E-state index in [1.54, 1.807) is 16.2 Å². The van der Waals surface area contributed by atoms with Crippen LogP contribution in [-0.2, 0) is 16.0 Å². The zero-order valence-corrected chi connectivity index (χ0v) is 17.3. The van der Waals surface area contributed by atoms with Crippen LogP contribution in [0.5, 0.6) is 0 Å². The Kier molecular flexibility index (Phi) is 5.81. The Balaban J connectivity index is 1.57. The molecular formula is C23H28N2O2S. The van der Waals surface area contributed by atoms with Crippen molar-refractivity contribution in [2.75, 3.05) is 19.6 Å². The number of fused-ring (bicyclic) bond motifs is 1. The predicted octanol–water partition coefficient (Wildman–Crippen LogP) is 4.26. The molecule has 2 aliphatic rings. The summed E-state index contributed by atoms with van der Waals surface area (Å²) in [7, 11) is 0. The fourth-order valence-electron chi connectivity index (χ4n) is 4.28. The quantitative estimate of drug-likeness (QED) is 0.732. The summed E-state index contributed by atoms with van der Waals surface area (Å²) >= 11 is 1.78. The molecule has 0 saturated heterocycles. The highest BCUT2D eigenvalue weighted by Crippen LogP contribution is 2.38. The number of benzene rings is 1. The SMILES string of the molecule is CCCN(CC(=O)N1CCc2sccc2C1c1ccccc1)C(=O)C1CCC1. The first-order valence-electron chi connectivity index (χ1n) is 10.4. The maximum absolute atomic E-state index is 13.4. The number of hydrogen-bond acceptors (Lipinski definition) is 3. The maximum atomic E-state index is 13.4. The third kappa shape index (κ3) is 3.72. The smallest absolute Gasteiger partial charge is 0.242 e. The highest BCUT2D eigenvalue weighted by Gasteiger charge is 2.35. The van der Waals surface area contributed by atoms with Gasteiger partial charge in [0.2, 0.25) is 11.8 Å². The summed E-state index contributed by atoms with van der Waals surface area (Å²) < 4.78 is 0. The van der Waals surface area contributed by atoms with Gasteiger partial charge in [-0.1, -0.05) is 43.7 Å². The molecule has 5 heteroatoms. The van der Waals surface area contributed by atoms with Gasteiger partial charge in [-0.3, -0.25) is 9.59 Å². The summed E-state index contributed by atoms with van der Waals surface area (Å²) in [5.41, 5.74) is 2.38. The van der Waals surface area contributed by atoms with E-state index in [-0.39, 0.29) is 30.3 Å². The summed E-state index contributed by atoms with van der Waals surface area (Å²) in [6.07, 6.45) is 4.85. The molecule has 1 aliphatic heterocycles. The molecule has 0 radical (unpaired) electrons. The van der Waals surface area contributed by atoms with Crippen LogP contribution < -0.4 is 0 Å². The molecule has 1 aromatic heterocycles. The van der Waals surface area contributed by atoms with Crippen LogP contribution in [0.15, 0.2) is 41.8 Å². The average molecular weight is 397 g/mol. The van der Waals surface area contributed by atoms with E-state index in [9.17, 15) is 9.59 Å². The Labute approximate surface area is 171 Å². The molecular weight excluding hydrogens is 368 g/mol. The molecule has 4 rings (SSSR count). The molecule has 2 aromatic rings. The highest BCUT2D eigenvalue weighted by molar-refractivity contribution is 7.10. The predicted molar refractivity (Wildman–Crippen MR) is 112 cm³/mol. The van der Waals surface area contributed by atoms with Crippen LogP contribution in [0.2, 0.25) is 0 Å². The summed E-state index contributed by atoms with van der Waals surface area (Å²) in [5, 5.41) is 2.12. The average Bonchev–Trinajstić information content (AvgIpc) is 3.14. The van der Waals surface area contributed by atoms with Gasteiger partial charge in [-0.2, -0.15) is 0 Å². The zero-order valence-electron chi connectivity index (χ0n) is 16.5. The van der Waals surface area contributed by atoms with Crippen LogP contribution in [-0.4, -0.2) is 41.2 Å². The minimum absolute atomic E-state index is 0.0500. The minimum Gasteiger partial charge on any atom is -0.333 e. The molecule has 1 fully saturated rings. The first-order chi connectivity index (χ1) is 13.7. The zero-order chi connectivity index (χ0) is 19.5. The second-order valence-electron chi connectivity index (χ2n) is 7.84. The van der Waals surface area contributed by atoms with Gasteiger partial charge >= 0.3 is 0 Å². The minimum atomic E-state index is -0.0500. The molecule has 1 saturated carbocycles. The van der Waals surface area contributed by atoms with Crippen molar-refractivity contribution in [1.82, 2.24) is 9.80 Å². The maximum Gasteiger partial charge on any atom is 0.242 e. The van der Waals surface area contributed by atoms with Crippen molar-refractivity contribution in [1.29, 1.82) is 0 Å². The van der Waals surface area contributed by atoms with Crippen LogP contribution in [0.3, 0.4) is 0 Å². The van der Waals surface area contributed by atoms with Crippen molar-refractivity contribution in [2.45, 2.75) is 45.1 Å². The first kappa shape index (κ1) is 19.2. The number of hydrogen-bond donors (Lipinski definition) is 0. The number of carbonyl (C=O) groups is 2. The van der Waals surface area contributed by atoms with E-state index >= 15 is 0 Å². The molecule has 148 valence electrons. The second-order valence-corrected chi connectivity index (χ2v) is 8.84. The first-order valence-corrected chi connectivity index (χ1v) is 11.3. The molecule has 0 N–H and O–H groups in total. The molecule has 1 atom stereocenters. The Morgan fingerprint density at radius 2 is 1.96 bits per heavy atom. The Bertz CT molecular complexity index is 828. The summed E-state index contributed by atoms with van der Waals surface area (Å²) in [5.74, 6) is 0.367. The summed E-state index contributed by atoms with van der Waals surface area (Å²) in [6, 6.07) is 12.4. The third-order valence-corrected chi connectivity index (χ3v) is 6.98. The van der Waals surface area contributed by atoms with E-state index in [1.807, 2.05) is 23.1 Å². The van der Waals surface area contributed by atoms with Gasteiger partial charge in [0, 0.05) is 23.9 Å². The van der Waals surface area contributed by atoms with Gasteiger partial charge in [0.25, 0.3) is 0 Å². The topological polar surface area (TPSA) is 40.6 Å². The van der Waals surface area contributed by atoms with Crippen LogP contribution in [0.4, 0.5) is 0 Å². The van der Waals surface area contributed by atoms with Gasteiger partial charge in [-0.05, 0) is 48.3 Å². The van der Waals surface area contributed by atoms with E-state index < -0.39 is 0 Å². The molecule has 1 aromatic carbocycles. The Morgan fingerprint density at radius 1 is 1.18 bits per heavy atom. The van der Waals surface area contributed by atoms with Crippen molar-refractivity contribution in [2.24, 2.45) is 5.92 Å². The van der Waals surface area contributed by atoms with Gasteiger partial charge in [0.1, 0.15) is 0 Å². The summed E-state index contributed by atoms with van der Waals surface area (Å²) in [4.78, 5) is 31.3. The fraction of sp³-hybridized carbons (Fsp3) is 0.478. The number of carbonyl (C=O) groups excluding carboxylic acids is 2. The largest absolute Gasteiger partial charge is 0.333 e. The highest BCUT2D eigenvalue weighted by atomic mass is 32.1. The van der Waals surface area contributed by atoms with Crippen LogP contribution in [0.1, 0.15) is 54.7 Å². The standard InChI is InChI=1S/C23H28N2O2S/c1-2-13-24(23(27)18-9-6-10-18)16-21(26)25-14-11-20-19(12-15-28-20)22(25)17-7-4-3-5-8-17/h3-5,7-8,12,15,18,22H,2,6,9-11,13-14,16H2,1H3. The van der Waals surface area contributed by atoms with Crippen LogP contribution >= 0.6 is 11.3 Å². The van der Waals surface area contributed by atoms with Crippen molar-refractivity contribution in [3.8, 4) is 0 Å². The third-order valence-electron chi connectivity index (χ3n) is 5.99. The number of nitrogens with zero attached hydrogens (tertiary/aromatic N) is 2. The fourth-order valence-corrected chi connectivity index (χ4v) is 5.19. The van der Waals surface area contributed by atoms with E-state index in [0.717, 1.165) is 37.7 Å². The molecule has 2 amide bonds. The molecule has 0 spiro atoms. The molecule has 2 heterocycles. The van der Waals surface area contributed by atoms with E-state index in [4.69, 9.17) is 0 Å². The lowest BCUT2D eigenvalue weighted by atomic mass is 9.84.